The zero-order chi connectivity index (χ0) is 25.7. The molecular formula is C23H27ClF3N7O2. The number of allylic oxidation sites excluding steroid dienone is 2. The second-order valence-electron chi connectivity index (χ2n) is 8.44. The zero-order valence-corrected chi connectivity index (χ0v) is 20.1. The Hall–Kier alpha value is -2.80. The molecule has 4 rings (SSSR count). The van der Waals surface area contributed by atoms with Gasteiger partial charge in [-0.05, 0) is 12.2 Å². The van der Waals surface area contributed by atoms with Crippen molar-refractivity contribution in [2.75, 3.05) is 45.9 Å². The number of alkyl halides is 3. The Morgan fingerprint density at radius 1 is 1.28 bits per heavy atom. The van der Waals surface area contributed by atoms with Crippen molar-refractivity contribution < 1.29 is 22.7 Å². The van der Waals surface area contributed by atoms with Crippen LogP contribution in [0.2, 0.25) is 0 Å². The number of nitrogens with one attached hydrogen (secondary N) is 2. The Labute approximate surface area is 211 Å². The molecule has 1 aromatic heterocycles. The van der Waals surface area contributed by atoms with Gasteiger partial charge < -0.3 is 21.1 Å². The maximum atomic E-state index is 13.3. The Kier molecular flexibility index (Phi) is 8.39. The average Bonchev–Trinajstić information content (AvgIpc) is 2.87. The molecule has 0 aromatic carbocycles. The highest BCUT2D eigenvalue weighted by Gasteiger charge is 2.36. The molecule has 0 saturated carbocycles. The normalized spacial score (nSPS) is 24.4. The van der Waals surface area contributed by atoms with Crippen molar-refractivity contribution in [3.05, 3.63) is 58.7 Å². The molecular weight excluding hydrogens is 499 g/mol. The van der Waals surface area contributed by atoms with E-state index in [2.05, 4.69) is 25.6 Å². The number of halogens is 4. The van der Waals surface area contributed by atoms with Crippen LogP contribution in [-0.2, 0) is 15.7 Å². The number of aromatic nitrogens is 2. The van der Waals surface area contributed by atoms with Gasteiger partial charge in [0.05, 0.1) is 31.8 Å². The number of aliphatic imine (C=N–C) groups is 1. The predicted molar refractivity (Wildman–Crippen MR) is 128 cm³/mol. The number of carbonyl (C=O) groups is 1. The highest BCUT2D eigenvalue weighted by molar-refractivity contribution is 6.33. The molecule has 2 aliphatic heterocycles. The van der Waals surface area contributed by atoms with Gasteiger partial charge in [-0.25, -0.2) is 9.97 Å². The SMILES string of the molecule is NCCN=C1C=CC2C(C(=O)NCC(c3cnc(C(F)(F)F)nc3)N3CCOCC3)=C(Cl)C=CC2N1. The van der Waals surface area contributed by atoms with E-state index in [1.165, 1.54) is 0 Å². The quantitative estimate of drug-likeness (QED) is 0.494. The predicted octanol–water partition coefficient (Wildman–Crippen LogP) is 1.55. The Balaban J connectivity index is 1.51. The molecule has 1 fully saturated rings. The van der Waals surface area contributed by atoms with E-state index in [4.69, 9.17) is 22.1 Å². The molecule has 1 saturated heterocycles. The fraction of sp³-hybridized carbons (Fsp3) is 0.478. The molecule has 3 atom stereocenters. The van der Waals surface area contributed by atoms with Crippen LogP contribution in [0.5, 0.6) is 0 Å². The number of amidine groups is 1. The average molecular weight is 526 g/mol. The number of morpholine rings is 1. The zero-order valence-electron chi connectivity index (χ0n) is 19.3. The fourth-order valence-electron chi connectivity index (χ4n) is 4.34. The summed E-state index contributed by atoms with van der Waals surface area (Å²) in [6.07, 6.45) is 4.90. The summed E-state index contributed by atoms with van der Waals surface area (Å²) >= 11 is 6.43. The molecule has 0 spiro atoms. The summed E-state index contributed by atoms with van der Waals surface area (Å²) in [6, 6.07) is -0.641. The summed E-state index contributed by atoms with van der Waals surface area (Å²) in [7, 11) is 0. The van der Waals surface area contributed by atoms with Crippen LogP contribution in [0.3, 0.4) is 0 Å². The van der Waals surface area contributed by atoms with E-state index in [1.807, 2.05) is 17.1 Å². The lowest BCUT2D eigenvalue weighted by atomic mass is 9.84. The minimum absolute atomic E-state index is 0.128. The number of nitrogens with zero attached hydrogens (tertiary/aromatic N) is 4. The number of fused-ring (bicyclic) bond motifs is 1. The van der Waals surface area contributed by atoms with Gasteiger partial charge in [0.2, 0.25) is 11.7 Å². The van der Waals surface area contributed by atoms with Crippen LogP contribution < -0.4 is 16.4 Å². The summed E-state index contributed by atoms with van der Waals surface area (Å²) in [5.74, 6) is -1.20. The third-order valence-electron chi connectivity index (χ3n) is 6.11. The lowest BCUT2D eigenvalue weighted by Crippen LogP contribution is -2.47. The first-order valence-corrected chi connectivity index (χ1v) is 11.9. The Morgan fingerprint density at radius 3 is 2.67 bits per heavy atom. The molecule has 3 heterocycles. The van der Waals surface area contributed by atoms with Gasteiger partial charge in [0.25, 0.3) is 0 Å². The first kappa shape index (κ1) is 26.3. The molecule has 1 amide bonds. The molecule has 194 valence electrons. The molecule has 0 bridgehead atoms. The van der Waals surface area contributed by atoms with E-state index in [0.29, 0.717) is 61.4 Å². The van der Waals surface area contributed by atoms with Crippen LogP contribution >= 0.6 is 11.6 Å². The van der Waals surface area contributed by atoms with Crippen LogP contribution in [0.4, 0.5) is 13.2 Å². The monoisotopic (exact) mass is 525 g/mol. The van der Waals surface area contributed by atoms with Crippen LogP contribution in [0.15, 0.2) is 52.3 Å². The summed E-state index contributed by atoms with van der Waals surface area (Å²) < 4.78 is 44.2. The van der Waals surface area contributed by atoms with Crippen molar-refractivity contribution in [2.24, 2.45) is 16.6 Å². The molecule has 0 radical (unpaired) electrons. The first-order chi connectivity index (χ1) is 17.3. The Morgan fingerprint density at radius 2 is 2.00 bits per heavy atom. The summed E-state index contributed by atoms with van der Waals surface area (Å²) in [6.45, 7) is 3.09. The lowest BCUT2D eigenvalue weighted by Gasteiger charge is -2.35. The number of amides is 1. The molecule has 1 aromatic rings. The van der Waals surface area contributed by atoms with Crippen molar-refractivity contribution in [1.29, 1.82) is 0 Å². The van der Waals surface area contributed by atoms with Gasteiger partial charge in [0, 0.05) is 60.7 Å². The molecule has 9 nitrogen and oxygen atoms in total. The number of hydrogen-bond acceptors (Lipinski definition) is 7. The number of carbonyl (C=O) groups excluding carboxylic acids is 1. The van der Waals surface area contributed by atoms with E-state index in [-0.39, 0.29) is 24.4 Å². The summed E-state index contributed by atoms with van der Waals surface area (Å²) in [4.78, 5) is 26.7. The highest BCUT2D eigenvalue weighted by Crippen LogP contribution is 2.32. The third-order valence-corrected chi connectivity index (χ3v) is 6.44. The van der Waals surface area contributed by atoms with Gasteiger partial charge in [-0.1, -0.05) is 23.8 Å². The van der Waals surface area contributed by atoms with Gasteiger partial charge in [-0.15, -0.1) is 0 Å². The largest absolute Gasteiger partial charge is 0.451 e. The minimum atomic E-state index is -4.63. The number of ether oxygens (including phenoxy) is 1. The van der Waals surface area contributed by atoms with Crippen molar-refractivity contribution in [3.8, 4) is 0 Å². The fourth-order valence-corrected chi connectivity index (χ4v) is 4.62. The molecule has 3 aliphatic rings. The molecule has 36 heavy (non-hydrogen) atoms. The minimum Gasteiger partial charge on any atom is -0.379 e. The smallest absolute Gasteiger partial charge is 0.379 e. The van der Waals surface area contributed by atoms with Crippen LogP contribution in [0.25, 0.3) is 0 Å². The number of rotatable bonds is 7. The summed E-state index contributed by atoms with van der Waals surface area (Å²) in [5.41, 5.74) is 6.38. The van der Waals surface area contributed by atoms with E-state index < -0.39 is 18.0 Å². The van der Waals surface area contributed by atoms with Gasteiger partial charge in [0.1, 0.15) is 5.84 Å². The van der Waals surface area contributed by atoms with Crippen molar-refractivity contribution >= 4 is 23.3 Å². The van der Waals surface area contributed by atoms with Crippen molar-refractivity contribution in [1.82, 2.24) is 25.5 Å². The van der Waals surface area contributed by atoms with Crippen molar-refractivity contribution in [2.45, 2.75) is 18.3 Å². The number of hydrogen-bond donors (Lipinski definition) is 3. The van der Waals surface area contributed by atoms with Crippen molar-refractivity contribution in [3.63, 3.8) is 0 Å². The van der Waals surface area contributed by atoms with Gasteiger partial charge in [-0.2, -0.15) is 13.2 Å². The van der Waals surface area contributed by atoms with E-state index in [1.54, 1.807) is 12.2 Å². The van der Waals surface area contributed by atoms with Crippen LogP contribution in [0, 0.1) is 5.92 Å². The third kappa shape index (κ3) is 6.12. The topological polar surface area (TPSA) is 118 Å². The van der Waals surface area contributed by atoms with Gasteiger partial charge in [0.15, 0.2) is 0 Å². The van der Waals surface area contributed by atoms with E-state index in [0.717, 1.165) is 12.4 Å². The van der Waals surface area contributed by atoms with Crippen LogP contribution in [-0.4, -0.2) is 78.6 Å². The standard InChI is InChI=1S/C23H27ClF3N7O2/c24-16-2-3-17-15(1-4-19(33-17)29-6-5-28)20(16)21(35)30-13-18(34-7-9-36-10-8-34)14-11-31-22(32-12-14)23(25,26)27/h1-4,11-12,15,17-18H,5-10,13,28H2,(H,29,33)(H,30,35). The first-order valence-electron chi connectivity index (χ1n) is 11.5. The lowest BCUT2D eigenvalue weighted by molar-refractivity contribution is -0.145. The second-order valence-corrected chi connectivity index (χ2v) is 8.85. The van der Waals surface area contributed by atoms with Crippen LogP contribution in [0.1, 0.15) is 17.4 Å². The molecule has 3 unspecified atom stereocenters. The number of nitrogens with two attached hydrogens (primary N) is 1. The van der Waals surface area contributed by atoms with Gasteiger partial charge in [-0.3, -0.25) is 14.7 Å². The Bertz CT molecular complexity index is 1070. The molecule has 13 heteroatoms. The maximum Gasteiger partial charge on any atom is 0.451 e. The van der Waals surface area contributed by atoms with Gasteiger partial charge >= 0.3 is 6.18 Å². The maximum absolute atomic E-state index is 13.3. The van der Waals surface area contributed by atoms with E-state index in [9.17, 15) is 18.0 Å². The highest BCUT2D eigenvalue weighted by atomic mass is 35.5. The molecule has 4 N–H and O–H groups in total. The summed E-state index contributed by atoms with van der Waals surface area (Å²) in [5, 5.41) is 6.51. The molecule has 1 aliphatic carbocycles. The second kappa shape index (κ2) is 11.5. The van der Waals surface area contributed by atoms with E-state index >= 15 is 0 Å².